The highest BCUT2D eigenvalue weighted by Gasteiger charge is 2.46. The number of aliphatic hydroxyl groups excluding tert-OH is 1. The zero-order chi connectivity index (χ0) is 24.4. The van der Waals surface area contributed by atoms with Crippen LogP contribution in [0.3, 0.4) is 0 Å². The van der Waals surface area contributed by atoms with E-state index in [9.17, 15) is 24.8 Å². The van der Waals surface area contributed by atoms with Gasteiger partial charge in [0.1, 0.15) is 5.76 Å². The van der Waals surface area contributed by atoms with E-state index in [1.54, 1.807) is 30.3 Å². The van der Waals surface area contributed by atoms with Crippen molar-refractivity contribution in [1.82, 2.24) is 4.90 Å². The van der Waals surface area contributed by atoms with Crippen molar-refractivity contribution in [2.24, 2.45) is 0 Å². The molecule has 34 heavy (non-hydrogen) atoms. The Labute approximate surface area is 198 Å². The first-order valence-electron chi connectivity index (χ1n) is 10.1. The smallest absolute Gasteiger partial charge is 0.295 e. The number of likely N-dealkylation sites (tertiary alicyclic amines) is 1. The van der Waals surface area contributed by atoms with E-state index in [-0.39, 0.29) is 29.1 Å². The van der Waals surface area contributed by atoms with Gasteiger partial charge in [-0.1, -0.05) is 12.1 Å². The summed E-state index contributed by atoms with van der Waals surface area (Å²) in [5.74, 6) is -0.954. The second-order valence-electron chi connectivity index (χ2n) is 7.44. The van der Waals surface area contributed by atoms with Crippen LogP contribution in [0, 0.1) is 10.1 Å². The zero-order valence-corrected chi connectivity index (χ0v) is 19.1. The van der Waals surface area contributed by atoms with Crippen molar-refractivity contribution < 1.29 is 29.1 Å². The van der Waals surface area contributed by atoms with E-state index in [0.29, 0.717) is 21.9 Å². The Balaban J connectivity index is 1.78. The lowest BCUT2D eigenvalue weighted by Gasteiger charge is -2.24. The van der Waals surface area contributed by atoms with E-state index >= 15 is 0 Å². The molecule has 4 rings (SSSR count). The number of carbonyl (C=O) groups is 2. The van der Waals surface area contributed by atoms with Gasteiger partial charge in [0, 0.05) is 29.1 Å². The van der Waals surface area contributed by atoms with Crippen molar-refractivity contribution in [3.05, 3.63) is 91.7 Å². The second-order valence-corrected chi connectivity index (χ2v) is 8.42. The van der Waals surface area contributed by atoms with Crippen molar-refractivity contribution in [1.29, 1.82) is 0 Å². The number of nitrogens with zero attached hydrogens (tertiary/aromatic N) is 2. The van der Waals surface area contributed by atoms with E-state index in [1.165, 1.54) is 54.7 Å². The summed E-state index contributed by atoms with van der Waals surface area (Å²) in [5, 5.41) is 23.8. The maximum absolute atomic E-state index is 13.1. The Morgan fingerprint density at radius 1 is 1.09 bits per heavy atom. The Kier molecular flexibility index (Phi) is 6.33. The molecule has 1 N–H and O–H groups in total. The number of benzene rings is 2. The molecule has 1 atom stereocenters. The summed E-state index contributed by atoms with van der Waals surface area (Å²) in [7, 11) is 3.02. The van der Waals surface area contributed by atoms with Gasteiger partial charge in [0.15, 0.2) is 11.5 Å². The van der Waals surface area contributed by atoms with Crippen molar-refractivity contribution in [2.75, 3.05) is 14.2 Å². The fourth-order valence-electron chi connectivity index (χ4n) is 3.86. The molecule has 1 aliphatic rings. The molecule has 1 amide bonds. The highest BCUT2D eigenvalue weighted by Crippen LogP contribution is 2.42. The Morgan fingerprint density at radius 2 is 1.79 bits per heavy atom. The zero-order valence-electron chi connectivity index (χ0n) is 18.3. The number of aliphatic hydroxyl groups is 1. The number of methoxy groups -OCH3 is 2. The van der Waals surface area contributed by atoms with Gasteiger partial charge in [-0.2, -0.15) is 0 Å². The first-order chi connectivity index (χ1) is 16.3. The van der Waals surface area contributed by atoms with Gasteiger partial charge < -0.3 is 19.5 Å². The summed E-state index contributed by atoms with van der Waals surface area (Å²) in [4.78, 5) is 38.6. The third-order valence-corrected chi connectivity index (χ3v) is 6.43. The third kappa shape index (κ3) is 4.11. The summed E-state index contributed by atoms with van der Waals surface area (Å²) >= 11 is 1.35. The molecule has 0 saturated carbocycles. The normalized spacial score (nSPS) is 17.1. The molecule has 0 radical (unpaired) electrons. The fraction of sp³-hybridized carbons (Fsp3) is 0.167. The van der Waals surface area contributed by atoms with E-state index in [4.69, 9.17) is 9.47 Å². The van der Waals surface area contributed by atoms with Gasteiger partial charge in [0.05, 0.1) is 30.8 Å². The Bertz CT molecular complexity index is 1280. The molecule has 0 aliphatic carbocycles. The van der Waals surface area contributed by atoms with Gasteiger partial charge in [-0.05, 0) is 41.3 Å². The maximum atomic E-state index is 13.1. The minimum Gasteiger partial charge on any atom is -0.507 e. The molecule has 1 fully saturated rings. The number of ketones is 1. The molecular weight excluding hydrogens is 460 g/mol. The Morgan fingerprint density at radius 3 is 2.38 bits per heavy atom. The molecule has 2 aromatic carbocycles. The van der Waals surface area contributed by atoms with Crippen LogP contribution in [-0.4, -0.2) is 40.8 Å². The van der Waals surface area contributed by atoms with Crippen molar-refractivity contribution >= 4 is 34.5 Å². The largest absolute Gasteiger partial charge is 0.507 e. The number of Topliss-reactive ketones (excluding diaryl/α,β-unsaturated/α-hetero) is 1. The molecule has 1 aliphatic heterocycles. The SMILES string of the molecule is COc1ccc(CN2C(=O)C(=O)/C(=C(\O)c3ccc([N+](=O)[O-])cc3)C2c2cccs2)cc1OC. The molecule has 0 bridgehead atoms. The van der Waals surface area contributed by atoms with Crippen LogP contribution in [-0.2, 0) is 16.1 Å². The number of hydrogen-bond acceptors (Lipinski definition) is 8. The number of rotatable bonds is 7. The minimum absolute atomic E-state index is 0.0678. The van der Waals surface area contributed by atoms with Gasteiger partial charge >= 0.3 is 0 Å². The van der Waals surface area contributed by atoms with Gasteiger partial charge in [-0.25, -0.2) is 0 Å². The molecule has 3 aromatic rings. The minimum atomic E-state index is -0.824. The highest BCUT2D eigenvalue weighted by atomic mass is 32.1. The van der Waals surface area contributed by atoms with Crippen molar-refractivity contribution in [2.45, 2.75) is 12.6 Å². The number of hydrogen-bond donors (Lipinski definition) is 1. The van der Waals surface area contributed by atoms with E-state index in [1.807, 2.05) is 5.38 Å². The van der Waals surface area contributed by atoms with E-state index in [2.05, 4.69) is 0 Å². The van der Waals surface area contributed by atoms with Gasteiger partial charge in [-0.15, -0.1) is 11.3 Å². The van der Waals surface area contributed by atoms with Crippen LogP contribution in [0.5, 0.6) is 11.5 Å². The number of nitro groups is 1. The van der Waals surface area contributed by atoms with E-state index < -0.39 is 22.7 Å². The first kappa shape index (κ1) is 23.0. The summed E-state index contributed by atoms with van der Waals surface area (Å²) in [5.41, 5.74) is 0.690. The summed E-state index contributed by atoms with van der Waals surface area (Å²) in [6.45, 7) is 0.0878. The number of amides is 1. The highest BCUT2D eigenvalue weighted by molar-refractivity contribution is 7.10. The predicted molar refractivity (Wildman–Crippen MR) is 125 cm³/mol. The molecule has 1 unspecified atom stereocenters. The molecule has 1 saturated heterocycles. The van der Waals surface area contributed by atoms with Gasteiger partial charge in [-0.3, -0.25) is 19.7 Å². The second kappa shape index (κ2) is 9.36. The van der Waals surface area contributed by atoms with Crippen LogP contribution in [0.2, 0.25) is 0 Å². The van der Waals surface area contributed by atoms with Gasteiger partial charge in [0.25, 0.3) is 17.4 Å². The number of thiophene rings is 1. The quantitative estimate of drug-likeness (QED) is 0.176. The molecule has 174 valence electrons. The molecule has 1 aromatic heterocycles. The van der Waals surface area contributed by atoms with Crippen LogP contribution >= 0.6 is 11.3 Å². The lowest BCUT2D eigenvalue weighted by molar-refractivity contribution is -0.384. The summed E-state index contributed by atoms with van der Waals surface area (Å²) in [6, 6.07) is 13.1. The van der Waals surface area contributed by atoms with E-state index in [0.717, 1.165) is 0 Å². The summed E-state index contributed by atoms with van der Waals surface area (Å²) < 4.78 is 10.6. The van der Waals surface area contributed by atoms with Gasteiger partial charge in [0.2, 0.25) is 0 Å². The van der Waals surface area contributed by atoms with Crippen LogP contribution < -0.4 is 9.47 Å². The topological polar surface area (TPSA) is 119 Å². The van der Waals surface area contributed by atoms with Crippen molar-refractivity contribution in [3.63, 3.8) is 0 Å². The standard InChI is InChI=1S/C24H20N2O7S/c1-32-17-10-5-14(12-18(17)33-2)13-25-21(19-4-3-11-34-19)20(23(28)24(25)29)22(27)15-6-8-16(9-7-15)26(30)31/h3-12,21,27H,13H2,1-2H3/b22-20-. The number of carbonyl (C=O) groups excluding carboxylic acids is 2. The van der Waals surface area contributed by atoms with Crippen LogP contribution in [0.4, 0.5) is 5.69 Å². The average Bonchev–Trinajstić information content (AvgIpc) is 3.46. The lowest BCUT2D eigenvalue weighted by atomic mass is 9.99. The number of non-ortho nitro benzene ring substituents is 1. The maximum Gasteiger partial charge on any atom is 0.295 e. The fourth-order valence-corrected chi connectivity index (χ4v) is 4.70. The summed E-state index contributed by atoms with van der Waals surface area (Å²) in [6.07, 6.45) is 0. The average molecular weight is 480 g/mol. The number of nitro benzene ring substituents is 1. The number of ether oxygens (including phenoxy) is 2. The molecular formula is C24H20N2O7S. The lowest BCUT2D eigenvalue weighted by Crippen LogP contribution is -2.28. The molecule has 2 heterocycles. The molecule has 9 nitrogen and oxygen atoms in total. The van der Waals surface area contributed by atoms with Crippen LogP contribution in [0.25, 0.3) is 5.76 Å². The predicted octanol–water partition coefficient (Wildman–Crippen LogP) is 4.30. The monoisotopic (exact) mass is 480 g/mol. The molecule has 0 spiro atoms. The van der Waals surface area contributed by atoms with Crippen LogP contribution in [0.15, 0.2) is 65.6 Å². The van der Waals surface area contributed by atoms with Crippen LogP contribution in [0.1, 0.15) is 22.0 Å². The Hall–Kier alpha value is -4.18. The first-order valence-corrected chi connectivity index (χ1v) is 11.0. The van der Waals surface area contributed by atoms with Crippen molar-refractivity contribution in [3.8, 4) is 11.5 Å². The molecule has 10 heteroatoms. The third-order valence-electron chi connectivity index (χ3n) is 5.51.